The summed E-state index contributed by atoms with van der Waals surface area (Å²) >= 11 is 0. The largest absolute Gasteiger partial charge is 0.453 e. The Morgan fingerprint density at radius 2 is 1.80 bits per heavy atom. The number of aliphatic hydroxyl groups is 5. The van der Waals surface area contributed by atoms with E-state index in [1.165, 1.54) is 18.2 Å². The third-order valence-electron chi connectivity index (χ3n) is 6.02. The van der Waals surface area contributed by atoms with Crippen molar-refractivity contribution < 1.29 is 48.2 Å². The number of hydrogen-bond donors (Lipinski definition) is 6. The summed E-state index contributed by atoms with van der Waals surface area (Å²) in [7, 11) is 0. The molecule has 6 N–H and O–H groups in total. The van der Waals surface area contributed by atoms with Crippen molar-refractivity contribution in [2.75, 3.05) is 6.61 Å². The van der Waals surface area contributed by atoms with Crippen molar-refractivity contribution in [2.45, 2.75) is 56.3 Å². The number of nitrogens with one attached hydrogen (secondary N) is 1. The number of hydrogen-bond acceptors (Lipinski definition) is 8. The maximum Gasteiger partial charge on any atom is 0.416 e. The molecular formula is C23H25F3N2O7. The van der Waals surface area contributed by atoms with Crippen LogP contribution in [-0.2, 0) is 23.8 Å². The lowest BCUT2D eigenvalue weighted by Gasteiger charge is -2.45. The van der Waals surface area contributed by atoms with Crippen LogP contribution in [-0.4, -0.2) is 72.7 Å². The van der Waals surface area contributed by atoms with Crippen LogP contribution in [0, 0.1) is 6.92 Å². The molecule has 1 saturated heterocycles. The fraction of sp³-hybridized carbons (Fsp3) is 0.435. The van der Waals surface area contributed by atoms with Gasteiger partial charge in [0.1, 0.15) is 18.0 Å². The second-order valence-electron chi connectivity index (χ2n) is 8.55. The van der Waals surface area contributed by atoms with E-state index in [0.717, 1.165) is 12.1 Å². The van der Waals surface area contributed by atoms with Crippen molar-refractivity contribution >= 4 is 10.9 Å². The van der Waals surface area contributed by atoms with E-state index in [0.29, 0.717) is 40.6 Å². The predicted molar refractivity (Wildman–Crippen MR) is 115 cm³/mol. The summed E-state index contributed by atoms with van der Waals surface area (Å²) in [6.07, 6.45) is -11.0. The summed E-state index contributed by atoms with van der Waals surface area (Å²) < 4.78 is 49.1. The van der Waals surface area contributed by atoms with Gasteiger partial charge in [0.15, 0.2) is 6.10 Å². The van der Waals surface area contributed by atoms with E-state index in [1.54, 1.807) is 13.0 Å². The zero-order valence-electron chi connectivity index (χ0n) is 18.5. The van der Waals surface area contributed by atoms with Crippen LogP contribution in [0.1, 0.15) is 22.4 Å². The first-order valence-corrected chi connectivity index (χ1v) is 10.8. The second-order valence-corrected chi connectivity index (χ2v) is 8.55. The van der Waals surface area contributed by atoms with Gasteiger partial charge in [-0.3, -0.25) is 5.10 Å². The van der Waals surface area contributed by atoms with E-state index in [9.17, 15) is 38.7 Å². The Labute approximate surface area is 197 Å². The molecule has 1 fully saturated rings. The van der Waals surface area contributed by atoms with Gasteiger partial charge in [0.2, 0.25) is 6.29 Å². The highest BCUT2D eigenvalue weighted by molar-refractivity contribution is 5.88. The molecule has 12 heteroatoms. The lowest BCUT2D eigenvalue weighted by atomic mass is 9.95. The fourth-order valence-electron chi connectivity index (χ4n) is 4.08. The van der Waals surface area contributed by atoms with Gasteiger partial charge in [-0.15, -0.1) is 0 Å². The third-order valence-corrected chi connectivity index (χ3v) is 6.02. The smallest absolute Gasteiger partial charge is 0.416 e. The normalized spacial score (nSPS) is 27.3. The number of alkyl halides is 3. The van der Waals surface area contributed by atoms with Crippen LogP contribution in [0.3, 0.4) is 0 Å². The van der Waals surface area contributed by atoms with E-state index < -0.39 is 48.7 Å². The van der Waals surface area contributed by atoms with Crippen LogP contribution in [0.5, 0.6) is 5.75 Å². The Morgan fingerprint density at radius 1 is 1.11 bits per heavy atom. The zero-order valence-corrected chi connectivity index (χ0v) is 18.5. The second kappa shape index (κ2) is 9.37. The topological polar surface area (TPSA) is 148 Å². The maximum absolute atomic E-state index is 12.8. The first-order chi connectivity index (χ1) is 16.4. The van der Waals surface area contributed by atoms with Gasteiger partial charge >= 0.3 is 6.18 Å². The summed E-state index contributed by atoms with van der Waals surface area (Å²) in [5, 5.41) is 58.6. The molecule has 4 rings (SSSR count). The predicted octanol–water partition coefficient (Wildman–Crippen LogP) is 1.17. The van der Waals surface area contributed by atoms with Crippen LogP contribution in [0.25, 0.3) is 10.9 Å². The number of nitrogens with zero attached hydrogens (tertiary/aromatic N) is 1. The van der Waals surface area contributed by atoms with Gasteiger partial charge in [-0.25, -0.2) is 0 Å². The Bertz CT molecular complexity index is 1180. The number of aromatic amines is 1. The van der Waals surface area contributed by atoms with Crippen LogP contribution in [0.15, 0.2) is 36.4 Å². The number of ether oxygens (including phenoxy) is 2. The quantitative estimate of drug-likeness (QED) is 0.278. The van der Waals surface area contributed by atoms with Crippen molar-refractivity contribution in [1.29, 1.82) is 0 Å². The Balaban J connectivity index is 1.62. The summed E-state index contributed by atoms with van der Waals surface area (Å²) in [4.78, 5) is 0. The number of aliphatic hydroxyl groups excluding tert-OH is 4. The molecule has 5 atom stereocenters. The highest BCUT2D eigenvalue weighted by Gasteiger charge is 2.57. The highest BCUT2D eigenvalue weighted by Crippen LogP contribution is 2.37. The number of fused-ring (bicyclic) bond motifs is 1. The van der Waals surface area contributed by atoms with Crippen molar-refractivity contribution in [3.63, 3.8) is 0 Å². The minimum atomic E-state index is -4.43. The first kappa shape index (κ1) is 25.4. The average Bonchev–Trinajstić information content (AvgIpc) is 3.21. The number of aromatic nitrogens is 2. The molecule has 2 aromatic carbocycles. The summed E-state index contributed by atoms with van der Waals surface area (Å²) in [5.41, 5.74) is 1.56. The molecular weight excluding hydrogens is 473 g/mol. The molecule has 0 radical (unpaired) electrons. The van der Waals surface area contributed by atoms with E-state index in [4.69, 9.17) is 9.47 Å². The van der Waals surface area contributed by atoms with E-state index >= 15 is 0 Å². The molecule has 0 unspecified atom stereocenters. The van der Waals surface area contributed by atoms with Crippen molar-refractivity contribution in [3.05, 3.63) is 58.8 Å². The molecule has 3 aromatic rings. The van der Waals surface area contributed by atoms with Crippen LogP contribution in [0.4, 0.5) is 13.2 Å². The summed E-state index contributed by atoms with van der Waals surface area (Å²) in [6.45, 7) is 1.02. The molecule has 0 spiro atoms. The summed E-state index contributed by atoms with van der Waals surface area (Å²) in [6, 6.07) is 8.05. The molecule has 1 aliphatic heterocycles. The number of benzene rings is 2. The molecule has 2 heterocycles. The molecule has 1 aliphatic rings. The van der Waals surface area contributed by atoms with Gasteiger partial charge in [-0.05, 0) is 55.2 Å². The minimum absolute atomic E-state index is 0.0232. The van der Waals surface area contributed by atoms with Crippen LogP contribution in [0.2, 0.25) is 0 Å². The maximum atomic E-state index is 12.8. The number of H-pyrrole nitrogens is 1. The van der Waals surface area contributed by atoms with Gasteiger partial charge in [-0.2, -0.15) is 18.3 Å². The Morgan fingerprint density at radius 3 is 2.43 bits per heavy atom. The lowest BCUT2D eigenvalue weighted by molar-refractivity contribution is -0.385. The van der Waals surface area contributed by atoms with Gasteiger partial charge in [-0.1, -0.05) is 12.1 Å². The molecule has 1 aromatic heterocycles. The van der Waals surface area contributed by atoms with Crippen molar-refractivity contribution in [1.82, 2.24) is 10.2 Å². The monoisotopic (exact) mass is 498 g/mol. The third kappa shape index (κ3) is 4.85. The molecule has 0 saturated carbocycles. The van der Waals surface area contributed by atoms with E-state index in [2.05, 4.69) is 10.2 Å². The van der Waals surface area contributed by atoms with Gasteiger partial charge in [0.05, 0.1) is 28.8 Å². The zero-order chi connectivity index (χ0) is 25.5. The lowest BCUT2D eigenvalue weighted by Crippen LogP contribution is -2.69. The SMILES string of the molecule is Cc1cc(O[C@]2(O)[C@H](O)O[C@H](CO)[C@@H](O)[C@@H]2O)c2c(CCc3ccc(C(F)(F)F)cc3)n[nH]c2c1. The molecule has 0 aliphatic carbocycles. The molecule has 0 bridgehead atoms. The van der Waals surface area contributed by atoms with Crippen LogP contribution < -0.4 is 4.74 Å². The minimum Gasteiger partial charge on any atom is -0.453 e. The van der Waals surface area contributed by atoms with Crippen molar-refractivity contribution in [3.8, 4) is 5.75 Å². The average molecular weight is 498 g/mol. The Kier molecular flexibility index (Phi) is 6.79. The fourth-order valence-corrected chi connectivity index (χ4v) is 4.08. The standard InChI is InChI=1S/C23H25F3N2O7/c1-11-8-15-18(14(27-28-15)7-4-12-2-5-13(6-3-12)23(24,25)26)16(9-11)35-22(33)20(31)19(30)17(10-29)34-21(22)32/h2-3,5-6,8-9,17,19-21,29-33H,4,7,10H2,1H3,(H,27,28)/t17-,19-,20+,21-,22+/m1/s1. The van der Waals surface area contributed by atoms with E-state index in [1.807, 2.05) is 0 Å². The van der Waals surface area contributed by atoms with E-state index in [-0.39, 0.29) is 5.75 Å². The highest BCUT2D eigenvalue weighted by atomic mass is 19.4. The molecule has 0 amide bonds. The Hall–Kier alpha value is -2.74. The van der Waals surface area contributed by atoms with Gasteiger partial charge in [0.25, 0.3) is 5.79 Å². The number of halogens is 3. The summed E-state index contributed by atoms with van der Waals surface area (Å²) in [5.74, 6) is -2.75. The molecule has 190 valence electrons. The van der Waals surface area contributed by atoms with Crippen molar-refractivity contribution in [2.24, 2.45) is 0 Å². The van der Waals surface area contributed by atoms with Gasteiger partial charge < -0.3 is 35.0 Å². The van der Waals surface area contributed by atoms with Crippen LogP contribution >= 0.6 is 0 Å². The first-order valence-electron chi connectivity index (χ1n) is 10.8. The molecule has 9 nitrogen and oxygen atoms in total. The van der Waals surface area contributed by atoms with Gasteiger partial charge in [0, 0.05) is 0 Å². The molecule has 35 heavy (non-hydrogen) atoms. The number of rotatable bonds is 6. The number of aryl methyl sites for hydroxylation is 3.